The molecule has 0 radical (unpaired) electrons. The van der Waals surface area contributed by atoms with E-state index in [9.17, 15) is 24.5 Å². The number of rotatable bonds is 4. The van der Waals surface area contributed by atoms with Gasteiger partial charge in [-0.2, -0.15) is 0 Å². The molecule has 1 aliphatic rings. The summed E-state index contributed by atoms with van der Waals surface area (Å²) >= 11 is 0. The summed E-state index contributed by atoms with van der Waals surface area (Å²) in [7, 11) is 0. The van der Waals surface area contributed by atoms with E-state index in [0.717, 1.165) is 10.5 Å². The van der Waals surface area contributed by atoms with Crippen molar-refractivity contribution in [2.45, 2.75) is 6.92 Å². The summed E-state index contributed by atoms with van der Waals surface area (Å²) in [5.41, 5.74) is 1.22. The van der Waals surface area contributed by atoms with Crippen molar-refractivity contribution < 1.29 is 23.7 Å². The first-order valence-electron chi connectivity index (χ1n) is 9.17. The number of urea groups is 1. The molecular weight excluding hydrogens is 402 g/mol. The standard InChI is InChI=1S/C22H15N3O6/c1-13-7-8-15(25(29)30)11-17(13)19-10-9-16(31-19)12-18-20(26)23-22(28)24(21(18)27)14-5-3-2-4-6-14/h2-12H,1H3,(H,23,26,28)/b18-12-. The van der Waals surface area contributed by atoms with Crippen molar-refractivity contribution in [1.29, 1.82) is 0 Å². The predicted molar refractivity (Wildman–Crippen MR) is 111 cm³/mol. The fraction of sp³-hybridized carbons (Fsp3) is 0.0455. The van der Waals surface area contributed by atoms with Gasteiger partial charge in [-0.05, 0) is 42.8 Å². The zero-order valence-corrected chi connectivity index (χ0v) is 16.2. The van der Waals surface area contributed by atoms with E-state index < -0.39 is 22.8 Å². The number of benzene rings is 2. The topological polar surface area (TPSA) is 123 Å². The van der Waals surface area contributed by atoms with Crippen LogP contribution in [0.15, 0.2) is 70.7 Å². The number of para-hydroxylation sites is 1. The van der Waals surface area contributed by atoms with Crippen molar-refractivity contribution in [2.24, 2.45) is 0 Å². The molecule has 2 heterocycles. The number of non-ortho nitro benzene ring substituents is 1. The lowest BCUT2D eigenvalue weighted by Crippen LogP contribution is -2.54. The van der Waals surface area contributed by atoms with E-state index in [2.05, 4.69) is 5.32 Å². The Morgan fingerprint density at radius 2 is 1.77 bits per heavy atom. The van der Waals surface area contributed by atoms with Gasteiger partial charge in [0, 0.05) is 17.7 Å². The monoisotopic (exact) mass is 417 g/mol. The van der Waals surface area contributed by atoms with Crippen LogP contribution in [0.2, 0.25) is 0 Å². The first-order valence-corrected chi connectivity index (χ1v) is 9.17. The lowest BCUT2D eigenvalue weighted by molar-refractivity contribution is -0.384. The van der Waals surface area contributed by atoms with Gasteiger partial charge in [-0.1, -0.05) is 24.3 Å². The molecule has 2 aromatic carbocycles. The van der Waals surface area contributed by atoms with Crippen LogP contribution in [0, 0.1) is 17.0 Å². The molecule has 1 fully saturated rings. The lowest BCUT2D eigenvalue weighted by atomic mass is 10.1. The van der Waals surface area contributed by atoms with E-state index in [1.807, 2.05) is 0 Å². The molecule has 4 amide bonds. The van der Waals surface area contributed by atoms with Crippen molar-refractivity contribution in [2.75, 3.05) is 4.90 Å². The first kappa shape index (κ1) is 19.8. The Kier molecular flexibility index (Phi) is 4.92. The molecule has 1 aliphatic heterocycles. The fourth-order valence-corrected chi connectivity index (χ4v) is 3.18. The van der Waals surface area contributed by atoms with Gasteiger partial charge in [0.2, 0.25) is 0 Å². The van der Waals surface area contributed by atoms with Gasteiger partial charge in [0.25, 0.3) is 17.5 Å². The molecule has 4 rings (SSSR count). The lowest BCUT2D eigenvalue weighted by Gasteiger charge is -2.26. The van der Waals surface area contributed by atoms with Crippen molar-refractivity contribution in [3.63, 3.8) is 0 Å². The molecular formula is C22H15N3O6. The molecule has 3 aromatic rings. The SMILES string of the molecule is Cc1ccc([N+](=O)[O-])cc1-c1ccc(/C=C2/C(=O)NC(=O)N(c3ccccc3)C2=O)o1. The second kappa shape index (κ2) is 7.71. The number of furan rings is 1. The van der Waals surface area contributed by atoms with Crippen LogP contribution in [0.4, 0.5) is 16.2 Å². The van der Waals surface area contributed by atoms with E-state index >= 15 is 0 Å². The Hall–Kier alpha value is -4.53. The summed E-state index contributed by atoms with van der Waals surface area (Å²) in [5.74, 6) is -1.11. The molecule has 0 bridgehead atoms. The summed E-state index contributed by atoms with van der Waals surface area (Å²) in [6.07, 6.45) is 1.23. The molecule has 1 saturated heterocycles. The summed E-state index contributed by atoms with van der Waals surface area (Å²) in [6, 6.07) is 14.9. The maximum Gasteiger partial charge on any atom is 0.335 e. The summed E-state index contributed by atoms with van der Waals surface area (Å²) in [5, 5.41) is 13.2. The third kappa shape index (κ3) is 3.71. The number of imide groups is 2. The summed E-state index contributed by atoms with van der Waals surface area (Å²) in [6.45, 7) is 1.78. The number of hydrogen-bond donors (Lipinski definition) is 1. The molecule has 0 unspecified atom stereocenters. The van der Waals surface area contributed by atoms with Gasteiger partial charge < -0.3 is 4.42 Å². The number of aryl methyl sites for hydroxylation is 1. The number of anilines is 1. The van der Waals surface area contributed by atoms with Crippen LogP contribution >= 0.6 is 0 Å². The van der Waals surface area contributed by atoms with E-state index in [1.165, 1.54) is 24.3 Å². The minimum absolute atomic E-state index is 0.0873. The smallest absolute Gasteiger partial charge is 0.335 e. The first-order chi connectivity index (χ1) is 14.8. The van der Waals surface area contributed by atoms with Crippen LogP contribution < -0.4 is 10.2 Å². The Balaban J connectivity index is 1.69. The second-order valence-electron chi connectivity index (χ2n) is 6.75. The highest BCUT2D eigenvalue weighted by molar-refractivity contribution is 6.39. The number of nitro groups is 1. The van der Waals surface area contributed by atoms with Crippen LogP contribution in [0.5, 0.6) is 0 Å². The second-order valence-corrected chi connectivity index (χ2v) is 6.75. The number of barbiturate groups is 1. The third-order valence-electron chi connectivity index (χ3n) is 4.73. The molecule has 0 aliphatic carbocycles. The van der Waals surface area contributed by atoms with Gasteiger partial charge in [-0.15, -0.1) is 0 Å². The number of nitrogens with one attached hydrogen (secondary N) is 1. The van der Waals surface area contributed by atoms with E-state index in [4.69, 9.17) is 4.42 Å². The number of nitro benzene ring substituents is 1. The minimum Gasteiger partial charge on any atom is -0.457 e. The largest absolute Gasteiger partial charge is 0.457 e. The Bertz CT molecular complexity index is 1260. The maximum atomic E-state index is 12.9. The van der Waals surface area contributed by atoms with Gasteiger partial charge in [0.1, 0.15) is 17.1 Å². The minimum atomic E-state index is -0.842. The van der Waals surface area contributed by atoms with Crippen LogP contribution in [0.3, 0.4) is 0 Å². The van der Waals surface area contributed by atoms with Crippen molar-refractivity contribution in [3.8, 4) is 11.3 Å². The number of carbonyl (C=O) groups excluding carboxylic acids is 3. The fourth-order valence-electron chi connectivity index (χ4n) is 3.18. The van der Waals surface area contributed by atoms with Crippen LogP contribution in [0.1, 0.15) is 11.3 Å². The molecule has 1 N–H and O–H groups in total. The van der Waals surface area contributed by atoms with Gasteiger partial charge in [-0.3, -0.25) is 25.0 Å². The zero-order valence-electron chi connectivity index (χ0n) is 16.2. The molecule has 1 aromatic heterocycles. The van der Waals surface area contributed by atoms with E-state index in [1.54, 1.807) is 49.4 Å². The highest BCUT2D eigenvalue weighted by Gasteiger charge is 2.37. The number of hydrogen-bond acceptors (Lipinski definition) is 6. The molecule has 9 heteroatoms. The summed E-state index contributed by atoms with van der Waals surface area (Å²) < 4.78 is 5.72. The molecule has 9 nitrogen and oxygen atoms in total. The number of carbonyl (C=O) groups is 3. The van der Waals surface area contributed by atoms with Crippen LogP contribution in [-0.2, 0) is 9.59 Å². The Labute approximate surface area is 175 Å². The third-order valence-corrected chi connectivity index (χ3v) is 4.73. The average molecular weight is 417 g/mol. The molecule has 31 heavy (non-hydrogen) atoms. The van der Waals surface area contributed by atoms with Gasteiger partial charge >= 0.3 is 6.03 Å². The van der Waals surface area contributed by atoms with Gasteiger partial charge in [-0.25, -0.2) is 9.69 Å². The highest BCUT2D eigenvalue weighted by atomic mass is 16.6. The predicted octanol–water partition coefficient (Wildman–Crippen LogP) is 3.83. The van der Waals surface area contributed by atoms with E-state index in [-0.39, 0.29) is 17.0 Å². The normalized spacial score (nSPS) is 15.3. The molecule has 0 spiro atoms. The average Bonchev–Trinajstić information content (AvgIpc) is 3.20. The van der Waals surface area contributed by atoms with Crippen LogP contribution in [0.25, 0.3) is 17.4 Å². The Morgan fingerprint density at radius 3 is 2.48 bits per heavy atom. The molecule has 0 saturated carbocycles. The Morgan fingerprint density at radius 1 is 1.03 bits per heavy atom. The number of nitrogens with zero attached hydrogens (tertiary/aromatic N) is 2. The van der Waals surface area contributed by atoms with Gasteiger partial charge in [0.05, 0.1) is 10.6 Å². The van der Waals surface area contributed by atoms with Crippen molar-refractivity contribution in [3.05, 3.63) is 87.7 Å². The van der Waals surface area contributed by atoms with Crippen molar-refractivity contribution in [1.82, 2.24) is 5.32 Å². The molecule has 0 atom stereocenters. The quantitative estimate of drug-likeness (QED) is 0.298. The summed E-state index contributed by atoms with van der Waals surface area (Å²) in [4.78, 5) is 48.8. The van der Waals surface area contributed by atoms with Gasteiger partial charge in [0.15, 0.2) is 0 Å². The van der Waals surface area contributed by atoms with Crippen LogP contribution in [-0.4, -0.2) is 22.8 Å². The van der Waals surface area contributed by atoms with E-state index in [0.29, 0.717) is 17.0 Å². The van der Waals surface area contributed by atoms with Crippen molar-refractivity contribution >= 4 is 35.3 Å². The molecule has 154 valence electrons. The zero-order chi connectivity index (χ0) is 22.1. The maximum absolute atomic E-state index is 12.9. The highest BCUT2D eigenvalue weighted by Crippen LogP contribution is 2.30. The number of amides is 4.